The van der Waals surface area contributed by atoms with Crippen molar-refractivity contribution in [1.82, 2.24) is 5.32 Å². The molecule has 2 aromatic carbocycles. The van der Waals surface area contributed by atoms with Crippen LogP contribution in [0.15, 0.2) is 36.4 Å². The van der Waals surface area contributed by atoms with Gasteiger partial charge in [0.25, 0.3) is 5.91 Å². The van der Waals surface area contributed by atoms with Crippen molar-refractivity contribution in [1.29, 1.82) is 0 Å². The summed E-state index contributed by atoms with van der Waals surface area (Å²) in [5.74, 6) is 0.369. The summed E-state index contributed by atoms with van der Waals surface area (Å²) in [6.07, 6.45) is 0. The molecule has 0 aliphatic heterocycles. The van der Waals surface area contributed by atoms with Gasteiger partial charge in [0.2, 0.25) is 0 Å². The third-order valence-electron chi connectivity index (χ3n) is 4.36. The summed E-state index contributed by atoms with van der Waals surface area (Å²) in [7, 11) is 3.13. The van der Waals surface area contributed by atoms with E-state index in [-0.39, 0.29) is 12.6 Å². The molecule has 0 spiro atoms. The predicted molar refractivity (Wildman–Crippen MR) is 102 cm³/mol. The van der Waals surface area contributed by atoms with Crippen molar-refractivity contribution in [3.63, 3.8) is 0 Å². The minimum absolute atomic E-state index is 0.345. The molecule has 2 aromatic rings. The topological polar surface area (TPSA) is 73.9 Å². The van der Waals surface area contributed by atoms with Crippen molar-refractivity contribution in [3.05, 3.63) is 58.7 Å². The van der Waals surface area contributed by atoms with Gasteiger partial charge >= 0.3 is 5.97 Å². The van der Waals surface area contributed by atoms with Gasteiger partial charge < -0.3 is 19.5 Å². The van der Waals surface area contributed by atoms with Gasteiger partial charge in [-0.05, 0) is 62.2 Å². The molecule has 0 heterocycles. The Labute approximate surface area is 159 Å². The van der Waals surface area contributed by atoms with Crippen molar-refractivity contribution in [3.8, 4) is 11.5 Å². The summed E-state index contributed by atoms with van der Waals surface area (Å²) >= 11 is 0. The fourth-order valence-electron chi connectivity index (χ4n) is 2.62. The maximum Gasteiger partial charge on any atom is 0.338 e. The number of methoxy groups -OCH3 is 2. The molecule has 0 bridgehead atoms. The zero-order valence-electron chi connectivity index (χ0n) is 16.3. The summed E-state index contributed by atoms with van der Waals surface area (Å²) in [6, 6.07) is 10.3. The highest BCUT2D eigenvalue weighted by molar-refractivity contribution is 5.91. The largest absolute Gasteiger partial charge is 0.497 e. The quantitative estimate of drug-likeness (QED) is 0.756. The highest BCUT2D eigenvalue weighted by Crippen LogP contribution is 2.29. The average molecular weight is 371 g/mol. The van der Waals surface area contributed by atoms with Gasteiger partial charge in [0, 0.05) is 5.56 Å². The Balaban J connectivity index is 1.97. The molecule has 1 unspecified atom stereocenters. The summed E-state index contributed by atoms with van der Waals surface area (Å²) in [6.45, 7) is 5.34. The van der Waals surface area contributed by atoms with E-state index < -0.39 is 11.9 Å². The third-order valence-corrected chi connectivity index (χ3v) is 4.36. The SMILES string of the molecule is COc1ccc(OC)c(C(C)NC(=O)COC(=O)c2ccc(C)c(C)c2)c1. The molecular formula is C21H25NO5. The Morgan fingerprint density at radius 3 is 2.37 bits per heavy atom. The van der Waals surface area contributed by atoms with Crippen LogP contribution in [0, 0.1) is 13.8 Å². The Bertz CT molecular complexity index is 831. The molecule has 2 rings (SSSR count). The molecule has 0 aliphatic carbocycles. The van der Waals surface area contributed by atoms with Gasteiger partial charge in [-0.2, -0.15) is 0 Å². The summed E-state index contributed by atoms with van der Waals surface area (Å²) < 4.78 is 15.7. The first-order valence-corrected chi connectivity index (χ1v) is 8.61. The van der Waals surface area contributed by atoms with Gasteiger partial charge in [-0.15, -0.1) is 0 Å². The van der Waals surface area contributed by atoms with E-state index >= 15 is 0 Å². The fraction of sp³-hybridized carbons (Fsp3) is 0.333. The van der Waals surface area contributed by atoms with E-state index in [1.165, 1.54) is 0 Å². The van der Waals surface area contributed by atoms with Crippen molar-refractivity contribution in [2.75, 3.05) is 20.8 Å². The molecule has 1 N–H and O–H groups in total. The van der Waals surface area contributed by atoms with Crippen LogP contribution < -0.4 is 14.8 Å². The molecule has 144 valence electrons. The van der Waals surface area contributed by atoms with E-state index in [0.29, 0.717) is 17.1 Å². The number of ether oxygens (including phenoxy) is 3. The first-order chi connectivity index (χ1) is 12.8. The maximum atomic E-state index is 12.2. The van der Waals surface area contributed by atoms with Crippen LogP contribution in [0.2, 0.25) is 0 Å². The van der Waals surface area contributed by atoms with Crippen molar-refractivity contribution < 1.29 is 23.8 Å². The molecule has 0 radical (unpaired) electrons. The molecular weight excluding hydrogens is 346 g/mol. The number of carbonyl (C=O) groups is 2. The number of esters is 1. The van der Waals surface area contributed by atoms with Gasteiger partial charge in [0.15, 0.2) is 6.61 Å². The second-order valence-corrected chi connectivity index (χ2v) is 6.27. The molecule has 27 heavy (non-hydrogen) atoms. The van der Waals surface area contributed by atoms with Gasteiger partial charge in [0.1, 0.15) is 11.5 Å². The minimum Gasteiger partial charge on any atom is -0.497 e. The lowest BCUT2D eigenvalue weighted by atomic mass is 10.1. The van der Waals surface area contributed by atoms with E-state index in [4.69, 9.17) is 14.2 Å². The first-order valence-electron chi connectivity index (χ1n) is 8.61. The van der Waals surface area contributed by atoms with Crippen molar-refractivity contribution in [2.45, 2.75) is 26.8 Å². The molecule has 0 saturated carbocycles. The van der Waals surface area contributed by atoms with Crippen LogP contribution in [0.1, 0.15) is 40.0 Å². The fourth-order valence-corrected chi connectivity index (χ4v) is 2.62. The van der Waals surface area contributed by atoms with Crippen LogP contribution in [0.25, 0.3) is 0 Å². The molecule has 0 fully saturated rings. The standard InChI is InChI=1S/C21H25NO5/c1-13-6-7-16(10-14(13)2)21(24)27-12-20(23)22-15(3)18-11-17(25-4)8-9-19(18)26-5/h6-11,15H,12H2,1-5H3,(H,22,23). The number of benzene rings is 2. The third kappa shape index (κ3) is 5.23. The first kappa shape index (κ1) is 20.3. The summed E-state index contributed by atoms with van der Waals surface area (Å²) in [5.41, 5.74) is 3.28. The van der Waals surface area contributed by atoms with E-state index in [9.17, 15) is 9.59 Å². The maximum absolute atomic E-state index is 12.2. The lowest BCUT2D eigenvalue weighted by molar-refractivity contribution is -0.124. The van der Waals surface area contributed by atoms with Gasteiger partial charge in [-0.1, -0.05) is 6.07 Å². The molecule has 6 nitrogen and oxygen atoms in total. The van der Waals surface area contributed by atoms with Gasteiger partial charge in [-0.25, -0.2) is 4.79 Å². The van der Waals surface area contributed by atoms with Gasteiger partial charge in [0.05, 0.1) is 25.8 Å². The number of rotatable bonds is 7. The van der Waals surface area contributed by atoms with Crippen molar-refractivity contribution >= 4 is 11.9 Å². The molecule has 1 amide bonds. The van der Waals surface area contributed by atoms with E-state index in [1.54, 1.807) is 44.6 Å². The highest BCUT2D eigenvalue weighted by atomic mass is 16.5. The monoisotopic (exact) mass is 371 g/mol. The summed E-state index contributed by atoms with van der Waals surface area (Å²) in [5, 5.41) is 2.80. The highest BCUT2D eigenvalue weighted by Gasteiger charge is 2.17. The molecule has 0 saturated heterocycles. The normalized spacial score (nSPS) is 11.4. The second kappa shape index (κ2) is 9.07. The zero-order valence-corrected chi connectivity index (χ0v) is 16.3. The van der Waals surface area contributed by atoms with Crippen molar-refractivity contribution in [2.24, 2.45) is 0 Å². The van der Waals surface area contributed by atoms with Crippen LogP contribution in [-0.2, 0) is 9.53 Å². The van der Waals surface area contributed by atoms with E-state index in [2.05, 4.69) is 5.32 Å². The number of amides is 1. The molecule has 0 aliphatic rings. The Morgan fingerprint density at radius 1 is 1.00 bits per heavy atom. The average Bonchev–Trinajstić information content (AvgIpc) is 2.67. The smallest absolute Gasteiger partial charge is 0.338 e. The number of hydrogen-bond acceptors (Lipinski definition) is 5. The Hall–Kier alpha value is -3.02. The van der Waals surface area contributed by atoms with Crippen LogP contribution >= 0.6 is 0 Å². The lowest BCUT2D eigenvalue weighted by Gasteiger charge is -2.18. The van der Waals surface area contributed by atoms with Crippen LogP contribution in [0.4, 0.5) is 0 Å². The van der Waals surface area contributed by atoms with E-state index in [0.717, 1.165) is 16.7 Å². The molecule has 6 heteroatoms. The number of carbonyl (C=O) groups excluding carboxylic acids is 2. The van der Waals surface area contributed by atoms with E-state index in [1.807, 2.05) is 26.8 Å². The van der Waals surface area contributed by atoms with Crippen LogP contribution in [0.5, 0.6) is 11.5 Å². The second-order valence-electron chi connectivity index (χ2n) is 6.27. The lowest BCUT2D eigenvalue weighted by Crippen LogP contribution is -2.31. The molecule has 0 aromatic heterocycles. The number of nitrogens with one attached hydrogen (secondary N) is 1. The summed E-state index contributed by atoms with van der Waals surface area (Å²) in [4.78, 5) is 24.3. The minimum atomic E-state index is -0.528. The Kier molecular flexibility index (Phi) is 6.82. The zero-order chi connectivity index (χ0) is 20.0. The predicted octanol–water partition coefficient (Wildman–Crippen LogP) is 3.35. The number of hydrogen-bond donors (Lipinski definition) is 1. The van der Waals surface area contributed by atoms with Crippen LogP contribution in [-0.4, -0.2) is 32.7 Å². The number of aryl methyl sites for hydroxylation is 2. The Morgan fingerprint density at radius 2 is 1.74 bits per heavy atom. The van der Waals surface area contributed by atoms with Gasteiger partial charge in [-0.3, -0.25) is 4.79 Å². The van der Waals surface area contributed by atoms with Crippen LogP contribution in [0.3, 0.4) is 0 Å². The molecule has 1 atom stereocenters.